The molecule has 1 spiro atoms. The van der Waals surface area contributed by atoms with Crippen molar-refractivity contribution in [2.24, 2.45) is 45.8 Å². The third-order valence-corrected chi connectivity index (χ3v) is 9.18. The largest absolute Gasteiger partial charge is 0.299 e. The summed E-state index contributed by atoms with van der Waals surface area (Å²) in [6, 6.07) is 0. The monoisotopic (exact) mass is 288 g/mol. The Morgan fingerprint density at radius 2 is 1.76 bits per heavy atom. The van der Waals surface area contributed by atoms with Gasteiger partial charge >= 0.3 is 0 Å². The standard InChI is InChI=1S/C20H32O/c1-12-8-9-20-13(2)6-7-14(18(20,3)4)10-16(20)19(5)11-15(21)17(12)19/h12-14,16-17H,6-11H2,1-5H3/t12-,13-,14+,16+,17+,19+,20-/m1/s1. The van der Waals surface area contributed by atoms with Crippen LogP contribution >= 0.6 is 0 Å². The lowest BCUT2D eigenvalue weighted by molar-refractivity contribution is -0.159. The molecular weight excluding hydrogens is 256 g/mol. The van der Waals surface area contributed by atoms with Gasteiger partial charge in [0.2, 0.25) is 0 Å². The van der Waals surface area contributed by atoms with E-state index in [9.17, 15) is 4.79 Å². The van der Waals surface area contributed by atoms with Gasteiger partial charge in [-0.3, -0.25) is 4.79 Å². The smallest absolute Gasteiger partial charge is 0.137 e. The Morgan fingerprint density at radius 1 is 1.05 bits per heavy atom. The Labute approximate surface area is 130 Å². The first-order chi connectivity index (χ1) is 9.75. The van der Waals surface area contributed by atoms with Crippen molar-refractivity contribution in [1.82, 2.24) is 0 Å². The van der Waals surface area contributed by atoms with Crippen molar-refractivity contribution in [1.29, 1.82) is 0 Å². The molecule has 0 aromatic heterocycles. The molecule has 7 atom stereocenters. The molecule has 0 heterocycles. The summed E-state index contributed by atoms with van der Waals surface area (Å²) in [4.78, 5) is 12.4. The first-order valence-corrected chi connectivity index (χ1v) is 9.28. The lowest BCUT2D eigenvalue weighted by Gasteiger charge is -2.59. The van der Waals surface area contributed by atoms with E-state index >= 15 is 0 Å². The summed E-state index contributed by atoms with van der Waals surface area (Å²) >= 11 is 0. The first kappa shape index (κ1) is 14.3. The SMILES string of the molecule is C[C@@H]1CC[C@@]23[C@H](C)CC[C@@H](C[C@H]2[C@]2(C)CC(=O)[C@H]12)C3(C)C. The Morgan fingerprint density at radius 3 is 2.43 bits per heavy atom. The Balaban J connectivity index is 1.87. The maximum Gasteiger partial charge on any atom is 0.137 e. The van der Waals surface area contributed by atoms with Gasteiger partial charge in [-0.25, -0.2) is 0 Å². The fourth-order valence-corrected chi connectivity index (χ4v) is 8.16. The van der Waals surface area contributed by atoms with E-state index in [-0.39, 0.29) is 0 Å². The van der Waals surface area contributed by atoms with Crippen LogP contribution in [-0.4, -0.2) is 5.78 Å². The minimum atomic E-state index is 0.317. The molecule has 0 amide bonds. The maximum atomic E-state index is 12.4. The number of fused-ring (bicyclic) bond motifs is 3. The van der Waals surface area contributed by atoms with E-state index in [2.05, 4.69) is 34.6 Å². The molecule has 0 aliphatic heterocycles. The van der Waals surface area contributed by atoms with Gasteiger partial charge in [0.1, 0.15) is 5.78 Å². The number of carbonyl (C=O) groups is 1. The minimum Gasteiger partial charge on any atom is -0.299 e. The van der Waals surface area contributed by atoms with Crippen LogP contribution in [0.25, 0.3) is 0 Å². The number of Topliss-reactive ketones (excluding diaryl/α,β-unsaturated/α-hetero) is 1. The second-order valence-electron chi connectivity index (χ2n) is 9.87. The molecule has 21 heavy (non-hydrogen) atoms. The average Bonchev–Trinajstić information content (AvgIpc) is 2.47. The normalized spacial score (nSPS) is 58.0. The molecule has 4 fully saturated rings. The van der Waals surface area contributed by atoms with Gasteiger partial charge in [-0.15, -0.1) is 0 Å². The summed E-state index contributed by atoms with van der Waals surface area (Å²) < 4.78 is 0. The topological polar surface area (TPSA) is 17.1 Å². The fraction of sp³-hybridized carbons (Fsp3) is 0.950. The molecule has 0 radical (unpaired) electrons. The van der Waals surface area contributed by atoms with E-state index in [4.69, 9.17) is 0 Å². The van der Waals surface area contributed by atoms with Crippen LogP contribution in [0.1, 0.15) is 73.1 Å². The van der Waals surface area contributed by atoms with Gasteiger partial charge in [-0.1, -0.05) is 34.6 Å². The molecule has 4 aliphatic rings. The van der Waals surface area contributed by atoms with Crippen molar-refractivity contribution in [3.05, 3.63) is 0 Å². The second kappa shape index (κ2) is 3.95. The van der Waals surface area contributed by atoms with Gasteiger partial charge in [-0.05, 0) is 72.0 Å². The van der Waals surface area contributed by atoms with E-state index in [1.807, 2.05) is 0 Å². The zero-order valence-electron chi connectivity index (χ0n) is 14.5. The molecule has 0 aromatic carbocycles. The molecule has 4 aliphatic carbocycles. The van der Waals surface area contributed by atoms with Crippen LogP contribution in [0, 0.1) is 45.8 Å². The van der Waals surface area contributed by atoms with Gasteiger partial charge < -0.3 is 0 Å². The molecule has 1 heteroatoms. The van der Waals surface area contributed by atoms with Crippen molar-refractivity contribution in [3.63, 3.8) is 0 Å². The van der Waals surface area contributed by atoms with Gasteiger partial charge in [0.15, 0.2) is 0 Å². The number of hydrogen-bond donors (Lipinski definition) is 0. The average molecular weight is 288 g/mol. The van der Waals surface area contributed by atoms with Crippen LogP contribution in [-0.2, 0) is 4.79 Å². The predicted octanol–water partition coefficient (Wildman–Crippen LogP) is 5.09. The Bertz CT molecular complexity index is 492. The lowest BCUT2D eigenvalue weighted by atomic mass is 9.44. The Kier molecular flexibility index (Phi) is 2.68. The predicted molar refractivity (Wildman–Crippen MR) is 85.8 cm³/mol. The summed E-state index contributed by atoms with van der Waals surface area (Å²) in [7, 11) is 0. The van der Waals surface area contributed by atoms with Crippen molar-refractivity contribution in [3.8, 4) is 0 Å². The summed E-state index contributed by atoms with van der Waals surface area (Å²) in [5.74, 6) is 4.11. The van der Waals surface area contributed by atoms with Crippen molar-refractivity contribution < 1.29 is 4.79 Å². The quantitative estimate of drug-likeness (QED) is 0.607. The van der Waals surface area contributed by atoms with Crippen LogP contribution < -0.4 is 0 Å². The summed E-state index contributed by atoms with van der Waals surface area (Å²) in [6.45, 7) is 12.5. The molecule has 0 aromatic rings. The van der Waals surface area contributed by atoms with Gasteiger partial charge in [0, 0.05) is 12.3 Å². The van der Waals surface area contributed by atoms with Crippen molar-refractivity contribution in [2.75, 3.05) is 0 Å². The maximum absolute atomic E-state index is 12.4. The van der Waals surface area contributed by atoms with E-state index in [1.54, 1.807) is 0 Å². The van der Waals surface area contributed by atoms with Gasteiger partial charge in [-0.2, -0.15) is 0 Å². The van der Waals surface area contributed by atoms with Crippen LogP contribution in [0.4, 0.5) is 0 Å². The zero-order chi connectivity index (χ0) is 15.2. The molecular formula is C20H32O. The summed E-state index contributed by atoms with van der Waals surface area (Å²) in [6.07, 6.45) is 7.80. The molecule has 4 rings (SSSR count). The number of carbonyl (C=O) groups excluding carboxylic acids is 1. The number of rotatable bonds is 0. The molecule has 2 bridgehead atoms. The van der Waals surface area contributed by atoms with E-state index in [0.717, 1.165) is 24.2 Å². The molecule has 4 saturated carbocycles. The summed E-state index contributed by atoms with van der Waals surface area (Å²) in [5.41, 5.74) is 1.30. The Hall–Kier alpha value is -0.330. The van der Waals surface area contributed by atoms with E-state index in [0.29, 0.717) is 33.9 Å². The highest BCUT2D eigenvalue weighted by atomic mass is 16.1. The number of hydrogen-bond acceptors (Lipinski definition) is 1. The van der Waals surface area contributed by atoms with Gasteiger partial charge in [0.05, 0.1) is 0 Å². The van der Waals surface area contributed by atoms with Crippen molar-refractivity contribution in [2.45, 2.75) is 73.1 Å². The third-order valence-electron chi connectivity index (χ3n) is 9.18. The number of ketones is 1. The van der Waals surface area contributed by atoms with Crippen molar-refractivity contribution >= 4 is 5.78 Å². The highest BCUT2D eigenvalue weighted by Crippen LogP contribution is 2.77. The van der Waals surface area contributed by atoms with Crippen LogP contribution in [0.5, 0.6) is 0 Å². The highest BCUT2D eigenvalue weighted by Gasteiger charge is 2.72. The summed E-state index contributed by atoms with van der Waals surface area (Å²) in [5, 5.41) is 0. The molecule has 0 unspecified atom stereocenters. The van der Waals surface area contributed by atoms with Crippen LogP contribution in [0.2, 0.25) is 0 Å². The first-order valence-electron chi connectivity index (χ1n) is 9.28. The fourth-order valence-electron chi connectivity index (χ4n) is 8.16. The molecule has 0 N–H and O–H groups in total. The highest BCUT2D eigenvalue weighted by molar-refractivity contribution is 5.89. The lowest BCUT2D eigenvalue weighted by Crippen LogP contribution is -2.57. The third kappa shape index (κ3) is 1.38. The van der Waals surface area contributed by atoms with Crippen LogP contribution in [0.15, 0.2) is 0 Å². The van der Waals surface area contributed by atoms with E-state index < -0.39 is 0 Å². The van der Waals surface area contributed by atoms with Gasteiger partial charge in [0.25, 0.3) is 0 Å². The molecule has 118 valence electrons. The van der Waals surface area contributed by atoms with Crippen LogP contribution in [0.3, 0.4) is 0 Å². The second-order valence-corrected chi connectivity index (χ2v) is 9.87. The van der Waals surface area contributed by atoms with E-state index in [1.165, 1.54) is 32.1 Å². The minimum absolute atomic E-state index is 0.317. The molecule has 0 saturated heterocycles. The zero-order valence-corrected chi connectivity index (χ0v) is 14.5. The molecule has 1 nitrogen and oxygen atoms in total.